The molecule has 0 aliphatic rings. The minimum absolute atomic E-state index is 0.389. The van der Waals surface area contributed by atoms with Crippen molar-refractivity contribution in [2.24, 2.45) is 0 Å². The number of pyridine rings is 1. The van der Waals surface area contributed by atoms with E-state index in [0.717, 1.165) is 23.9 Å². The Bertz CT molecular complexity index is 853. The van der Waals surface area contributed by atoms with Gasteiger partial charge < -0.3 is 10.6 Å². The Kier molecular flexibility index (Phi) is 5.39. The number of nitriles is 1. The number of aryl methyl sites for hydroxylation is 1. The summed E-state index contributed by atoms with van der Waals surface area (Å²) in [6.07, 6.45) is -1.99. The van der Waals surface area contributed by atoms with Crippen LogP contribution < -0.4 is 10.6 Å². The number of anilines is 2. The number of hydrogen-bond donors (Lipinski definition) is 2. The van der Waals surface area contributed by atoms with E-state index in [1.807, 2.05) is 6.92 Å². The fraction of sp³-hybridized carbons (Fsp3) is 0.118. The highest BCUT2D eigenvalue weighted by Gasteiger charge is 2.33. The van der Waals surface area contributed by atoms with Crippen LogP contribution in [0.1, 0.15) is 11.1 Å². The topological polar surface area (TPSA) is 77.8 Å². The lowest BCUT2D eigenvalue weighted by molar-refractivity contribution is -0.137. The van der Waals surface area contributed by atoms with Crippen LogP contribution in [-0.4, -0.2) is 10.9 Å². The minimum Gasteiger partial charge on any atom is -0.345 e. The zero-order chi connectivity index (χ0) is 18.4. The van der Waals surface area contributed by atoms with Gasteiger partial charge in [-0.3, -0.25) is 4.79 Å². The van der Waals surface area contributed by atoms with Crippen molar-refractivity contribution in [2.75, 3.05) is 10.6 Å². The van der Waals surface area contributed by atoms with Crippen molar-refractivity contribution >= 4 is 17.4 Å². The van der Waals surface area contributed by atoms with Crippen molar-refractivity contribution < 1.29 is 18.0 Å². The fourth-order valence-electron chi connectivity index (χ4n) is 1.94. The molecule has 0 atom stereocenters. The van der Waals surface area contributed by atoms with E-state index in [1.54, 1.807) is 18.2 Å². The molecule has 0 fully saturated rings. The van der Waals surface area contributed by atoms with E-state index < -0.39 is 23.3 Å². The van der Waals surface area contributed by atoms with Crippen molar-refractivity contribution in [2.45, 2.75) is 13.1 Å². The van der Waals surface area contributed by atoms with Gasteiger partial charge in [-0.15, -0.1) is 0 Å². The van der Waals surface area contributed by atoms with Crippen LogP contribution in [0, 0.1) is 18.3 Å². The Labute approximate surface area is 141 Å². The minimum atomic E-state index is -4.62. The first-order chi connectivity index (χ1) is 11.8. The number of hydrogen-bond acceptors (Lipinski definition) is 4. The average Bonchev–Trinajstić information content (AvgIpc) is 2.55. The summed E-state index contributed by atoms with van der Waals surface area (Å²) in [6, 6.07) is 9.62. The van der Waals surface area contributed by atoms with Crippen LogP contribution in [0.2, 0.25) is 0 Å². The third-order valence-corrected chi connectivity index (χ3v) is 3.13. The lowest BCUT2D eigenvalue weighted by Crippen LogP contribution is -2.18. The number of benzene rings is 1. The van der Waals surface area contributed by atoms with Crippen molar-refractivity contribution in [3.63, 3.8) is 0 Å². The van der Waals surface area contributed by atoms with Gasteiger partial charge in [0.1, 0.15) is 17.5 Å². The summed E-state index contributed by atoms with van der Waals surface area (Å²) < 4.78 is 38.8. The lowest BCUT2D eigenvalue weighted by atomic mass is 10.1. The maximum absolute atomic E-state index is 12.9. The standard InChI is InChI=1S/C17H13F3N4O/c1-11-6-7-22-15(8-11)23-10-12(9-21)16(25)24-14-5-3-2-4-13(14)17(18,19)20/h2-8,10H,1H3,(H,22,23)(H,24,25)/b12-10-. The number of rotatable bonds is 4. The molecule has 1 aromatic carbocycles. The van der Waals surface area contributed by atoms with Gasteiger partial charge in [-0.25, -0.2) is 4.98 Å². The molecule has 0 saturated carbocycles. The SMILES string of the molecule is Cc1ccnc(N/C=C(/C#N)C(=O)Nc2ccccc2C(F)(F)F)c1. The van der Waals surface area contributed by atoms with Crippen molar-refractivity contribution in [3.8, 4) is 6.07 Å². The van der Waals surface area contributed by atoms with Crippen LogP contribution in [0.5, 0.6) is 0 Å². The molecule has 2 rings (SSSR count). The molecule has 0 aliphatic heterocycles. The molecule has 25 heavy (non-hydrogen) atoms. The molecule has 0 radical (unpaired) electrons. The quantitative estimate of drug-likeness (QED) is 0.651. The van der Waals surface area contributed by atoms with Gasteiger partial charge in [-0.1, -0.05) is 12.1 Å². The smallest absolute Gasteiger partial charge is 0.345 e. The van der Waals surface area contributed by atoms with E-state index in [0.29, 0.717) is 5.82 Å². The first kappa shape index (κ1) is 18.0. The van der Waals surface area contributed by atoms with Gasteiger partial charge in [-0.05, 0) is 36.8 Å². The Morgan fingerprint density at radius 2 is 2.00 bits per heavy atom. The predicted molar refractivity (Wildman–Crippen MR) is 86.4 cm³/mol. The van der Waals surface area contributed by atoms with Gasteiger partial charge in [0.05, 0.1) is 11.3 Å². The third-order valence-electron chi connectivity index (χ3n) is 3.13. The van der Waals surface area contributed by atoms with Crippen molar-refractivity contribution in [3.05, 3.63) is 65.5 Å². The molecule has 1 heterocycles. The highest BCUT2D eigenvalue weighted by Crippen LogP contribution is 2.34. The van der Waals surface area contributed by atoms with Crippen LogP contribution >= 0.6 is 0 Å². The molecule has 0 spiro atoms. The summed E-state index contributed by atoms with van der Waals surface area (Å²) in [5, 5.41) is 13.8. The number of nitrogens with zero attached hydrogens (tertiary/aromatic N) is 2. The molecule has 0 saturated heterocycles. The second-order valence-corrected chi connectivity index (χ2v) is 5.03. The predicted octanol–water partition coefficient (Wildman–Crippen LogP) is 3.87. The number of nitrogens with one attached hydrogen (secondary N) is 2. The van der Waals surface area contributed by atoms with Crippen LogP contribution in [-0.2, 0) is 11.0 Å². The fourth-order valence-corrected chi connectivity index (χ4v) is 1.94. The van der Waals surface area contributed by atoms with Gasteiger partial charge in [0.15, 0.2) is 0 Å². The van der Waals surface area contributed by atoms with Gasteiger partial charge >= 0.3 is 6.18 Å². The summed E-state index contributed by atoms with van der Waals surface area (Å²) in [7, 11) is 0. The first-order valence-electron chi connectivity index (χ1n) is 7.08. The van der Waals surface area contributed by atoms with E-state index >= 15 is 0 Å². The van der Waals surface area contributed by atoms with Crippen molar-refractivity contribution in [1.82, 2.24) is 4.98 Å². The molecule has 1 amide bonds. The maximum Gasteiger partial charge on any atom is 0.418 e. The van der Waals surface area contributed by atoms with Crippen LogP contribution in [0.25, 0.3) is 0 Å². The number of aromatic nitrogens is 1. The Morgan fingerprint density at radius 3 is 2.64 bits per heavy atom. The lowest BCUT2D eigenvalue weighted by Gasteiger charge is -2.13. The molecule has 0 unspecified atom stereocenters. The first-order valence-corrected chi connectivity index (χ1v) is 7.08. The van der Waals surface area contributed by atoms with Crippen LogP contribution in [0.15, 0.2) is 54.4 Å². The number of alkyl halides is 3. The zero-order valence-corrected chi connectivity index (χ0v) is 13.1. The summed E-state index contributed by atoms with van der Waals surface area (Å²) in [6.45, 7) is 1.84. The zero-order valence-electron chi connectivity index (χ0n) is 13.1. The van der Waals surface area contributed by atoms with Crippen LogP contribution in [0.3, 0.4) is 0 Å². The largest absolute Gasteiger partial charge is 0.418 e. The molecule has 2 aromatic rings. The monoisotopic (exact) mass is 346 g/mol. The highest BCUT2D eigenvalue weighted by molar-refractivity contribution is 6.07. The molecule has 0 bridgehead atoms. The maximum atomic E-state index is 12.9. The molecule has 128 valence electrons. The molecular formula is C17H13F3N4O. The molecule has 1 aromatic heterocycles. The summed E-state index contributed by atoms with van der Waals surface area (Å²) in [5.41, 5.74) is -0.892. The number of para-hydroxylation sites is 1. The number of carbonyl (C=O) groups is 1. The van der Waals surface area contributed by atoms with Gasteiger partial charge in [-0.2, -0.15) is 18.4 Å². The van der Waals surface area contributed by atoms with Gasteiger partial charge in [0.25, 0.3) is 5.91 Å². The van der Waals surface area contributed by atoms with Crippen molar-refractivity contribution in [1.29, 1.82) is 5.26 Å². The average molecular weight is 346 g/mol. The second kappa shape index (κ2) is 7.49. The third kappa shape index (κ3) is 4.81. The summed E-state index contributed by atoms with van der Waals surface area (Å²) in [5.74, 6) is -0.560. The number of halogens is 3. The summed E-state index contributed by atoms with van der Waals surface area (Å²) in [4.78, 5) is 16.1. The Morgan fingerprint density at radius 1 is 1.28 bits per heavy atom. The number of amides is 1. The second-order valence-electron chi connectivity index (χ2n) is 5.03. The molecule has 2 N–H and O–H groups in total. The van der Waals surface area contributed by atoms with E-state index in [-0.39, 0.29) is 5.57 Å². The van der Waals surface area contributed by atoms with E-state index in [2.05, 4.69) is 15.6 Å². The van der Waals surface area contributed by atoms with E-state index in [1.165, 1.54) is 18.3 Å². The Hall–Kier alpha value is -3.34. The molecule has 0 aliphatic carbocycles. The molecule has 8 heteroatoms. The molecular weight excluding hydrogens is 333 g/mol. The highest BCUT2D eigenvalue weighted by atomic mass is 19.4. The normalized spacial score (nSPS) is 11.6. The Balaban J connectivity index is 2.19. The summed E-state index contributed by atoms with van der Waals surface area (Å²) >= 11 is 0. The number of carbonyl (C=O) groups excluding carboxylic acids is 1. The van der Waals surface area contributed by atoms with E-state index in [9.17, 15) is 18.0 Å². The van der Waals surface area contributed by atoms with Gasteiger partial charge in [0, 0.05) is 12.4 Å². The van der Waals surface area contributed by atoms with Crippen LogP contribution in [0.4, 0.5) is 24.7 Å². The van der Waals surface area contributed by atoms with Gasteiger partial charge in [0.2, 0.25) is 0 Å². The molecule has 5 nitrogen and oxygen atoms in total. The van der Waals surface area contributed by atoms with E-state index in [4.69, 9.17) is 5.26 Å².